The summed E-state index contributed by atoms with van der Waals surface area (Å²) < 4.78 is 15.6. The van der Waals surface area contributed by atoms with Gasteiger partial charge in [-0.25, -0.2) is 0 Å². The number of anilines is 1. The summed E-state index contributed by atoms with van der Waals surface area (Å²) >= 11 is 6.01. The van der Waals surface area contributed by atoms with E-state index in [0.717, 1.165) is 5.69 Å². The van der Waals surface area contributed by atoms with Crippen molar-refractivity contribution in [1.29, 1.82) is 0 Å². The molecule has 0 amide bonds. The van der Waals surface area contributed by atoms with Crippen LogP contribution in [0.2, 0.25) is 5.02 Å². The zero-order valence-electron chi connectivity index (χ0n) is 10.5. The Morgan fingerprint density at radius 1 is 1.18 bits per heavy atom. The van der Waals surface area contributed by atoms with Crippen LogP contribution in [0.4, 0.5) is 5.69 Å². The number of halogens is 1. The van der Waals surface area contributed by atoms with E-state index in [4.69, 9.17) is 25.8 Å². The zero-order valence-corrected chi connectivity index (χ0v) is 11.3. The Morgan fingerprint density at radius 3 is 2.35 bits per heavy atom. The summed E-state index contributed by atoms with van der Waals surface area (Å²) in [4.78, 5) is 0. The fourth-order valence-electron chi connectivity index (χ4n) is 1.34. The fraction of sp³-hybridized carbons (Fsp3) is 0.500. The summed E-state index contributed by atoms with van der Waals surface area (Å²) in [5, 5.41) is 3.75. The van der Waals surface area contributed by atoms with Crippen LogP contribution in [0.15, 0.2) is 12.1 Å². The largest absolute Gasteiger partial charge is 0.495 e. The monoisotopic (exact) mass is 259 g/mol. The van der Waals surface area contributed by atoms with E-state index in [1.807, 2.05) is 13.0 Å². The van der Waals surface area contributed by atoms with Gasteiger partial charge in [0.1, 0.15) is 11.5 Å². The molecule has 1 aromatic carbocycles. The van der Waals surface area contributed by atoms with Crippen LogP contribution in [0.3, 0.4) is 0 Å². The summed E-state index contributed by atoms with van der Waals surface area (Å²) in [6.45, 7) is 2.66. The predicted molar refractivity (Wildman–Crippen MR) is 69.5 cm³/mol. The first-order chi connectivity index (χ1) is 8.12. The van der Waals surface area contributed by atoms with Crippen molar-refractivity contribution in [2.45, 2.75) is 13.0 Å². The smallest absolute Gasteiger partial charge is 0.143 e. The van der Waals surface area contributed by atoms with Crippen LogP contribution >= 0.6 is 11.6 Å². The number of hydrogen-bond acceptors (Lipinski definition) is 4. The molecular formula is C12H18ClNO3. The van der Waals surface area contributed by atoms with Crippen LogP contribution in [0.1, 0.15) is 6.92 Å². The van der Waals surface area contributed by atoms with Crippen molar-refractivity contribution < 1.29 is 14.2 Å². The number of methoxy groups -OCH3 is 3. The van der Waals surface area contributed by atoms with Gasteiger partial charge < -0.3 is 19.5 Å². The van der Waals surface area contributed by atoms with Gasteiger partial charge in [-0.1, -0.05) is 11.6 Å². The Morgan fingerprint density at radius 2 is 1.82 bits per heavy atom. The lowest BCUT2D eigenvalue weighted by Crippen LogP contribution is -2.18. The first-order valence-corrected chi connectivity index (χ1v) is 5.68. The minimum Gasteiger partial charge on any atom is -0.495 e. The van der Waals surface area contributed by atoms with Crippen LogP contribution in [-0.4, -0.2) is 34.0 Å². The summed E-state index contributed by atoms with van der Waals surface area (Å²) in [6.07, 6.45) is 0.112. The second-order valence-electron chi connectivity index (χ2n) is 3.61. The van der Waals surface area contributed by atoms with Gasteiger partial charge in [0, 0.05) is 25.8 Å². The number of rotatable bonds is 6. The van der Waals surface area contributed by atoms with E-state index in [2.05, 4.69) is 5.32 Å². The molecule has 0 aromatic heterocycles. The van der Waals surface area contributed by atoms with E-state index in [0.29, 0.717) is 23.1 Å². The summed E-state index contributed by atoms with van der Waals surface area (Å²) in [5.74, 6) is 1.29. The van der Waals surface area contributed by atoms with E-state index in [-0.39, 0.29) is 6.10 Å². The predicted octanol–water partition coefficient (Wildman–Crippen LogP) is 2.80. The highest BCUT2D eigenvalue weighted by molar-refractivity contribution is 6.32. The highest BCUT2D eigenvalue weighted by Gasteiger charge is 2.10. The van der Waals surface area contributed by atoms with Gasteiger partial charge in [-0.15, -0.1) is 0 Å². The van der Waals surface area contributed by atoms with Crippen molar-refractivity contribution in [3.05, 3.63) is 17.2 Å². The SMILES string of the molecule is COc1cc(NCC(C)OC)c(OC)cc1Cl. The van der Waals surface area contributed by atoms with E-state index in [1.54, 1.807) is 27.4 Å². The van der Waals surface area contributed by atoms with Gasteiger partial charge in [0.2, 0.25) is 0 Å². The minimum absolute atomic E-state index is 0.112. The Bertz CT molecular complexity index is 371. The van der Waals surface area contributed by atoms with E-state index in [1.165, 1.54) is 0 Å². The van der Waals surface area contributed by atoms with Crippen LogP contribution in [-0.2, 0) is 4.74 Å². The Labute approximate surface area is 107 Å². The first-order valence-electron chi connectivity index (χ1n) is 5.30. The lowest BCUT2D eigenvalue weighted by molar-refractivity contribution is 0.128. The molecule has 1 N–H and O–H groups in total. The van der Waals surface area contributed by atoms with Crippen molar-refractivity contribution in [2.75, 3.05) is 33.2 Å². The molecule has 0 heterocycles. The molecule has 1 aromatic rings. The zero-order chi connectivity index (χ0) is 12.8. The minimum atomic E-state index is 0.112. The molecule has 96 valence electrons. The Hall–Kier alpha value is -1.13. The summed E-state index contributed by atoms with van der Waals surface area (Å²) in [6, 6.07) is 3.53. The highest BCUT2D eigenvalue weighted by atomic mass is 35.5. The molecule has 0 spiro atoms. The maximum atomic E-state index is 6.01. The molecule has 0 aliphatic carbocycles. The number of nitrogens with one attached hydrogen (secondary N) is 1. The third-order valence-electron chi connectivity index (χ3n) is 2.46. The Balaban J connectivity index is 2.88. The molecular weight excluding hydrogens is 242 g/mol. The molecule has 0 saturated carbocycles. The van der Waals surface area contributed by atoms with Gasteiger partial charge in [-0.05, 0) is 6.92 Å². The van der Waals surface area contributed by atoms with Gasteiger partial charge in [0.15, 0.2) is 0 Å². The van der Waals surface area contributed by atoms with E-state index >= 15 is 0 Å². The van der Waals surface area contributed by atoms with Gasteiger partial charge in [0.05, 0.1) is 31.0 Å². The first kappa shape index (κ1) is 13.9. The van der Waals surface area contributed by atoms with Gasteiger partial charge in [-0.3, -0.25) is 0 Å². The van der Waals surface area contributed by atoms with Crippen LogP contribution < -0.4 is 14.8 Å². The number of benzene rings is 1. The quantitative estimate of drug-likeness (QED) is 0.853. The van der Waals surface area contributed by atoms with Crippen molar-refractivity contribution in [1.82, 2.24) is 0 Å². The average Bonchev–Trinajstić information content (AvgIpc) is 2.36. The van der Waals surface area contributed by atoms with Crippen LogP contribution in [0, 0.1) is 0 Å². The lowest BCUT2D eigenvalue weighted by Gasteiger charge is -2.16. The van der Waals surface area contributed by atoms with Crippen LogP contribution in [0.25, 0.3) is 0 Å². The molecule has 0 radical (unpaired) electrons. The molecule has 17 heavy (non-hydrogen) atoms. The molecule has 1 unspecified atom stereocenters. The fourth-order valence-corrected chi connectivity index (χ4v) is 1.57. The normalized spacial score (nSPS) is 12.1. The van der Waals surface area contributed by atoms with Gasteiger partial charge in [-0.2, -0.15) is 0 Å². The van der Waals surface area contributed by atoms with Crippen molar-refractivity contribution >= 4 is 17.3 Å². The summed E-state index contributed by atoms with van der Waals surface area (Å²) in [7, 11) is 4.85. The number of hydrogen-bond donors (Lipinski definition) is 1. The standard InChI is InChI=1S/C12H18ClNO3/c1-8(15-2)7-14-10-6-11(16-3)9(13)5-12(10)17-4/h5-6,8,14H,7H2,1-4H3. The third kappa shape index (κ3) is 3.68. The molecule has 1 atom stereocenters. The molecule has 4 nitrogen and oxygen atoms in total. The maximum Gasteiger partial charge on any atom is 0.143 e. The van der Waals surface area contributed by atoms with Crippen molar-refractivity contribution in [3.63, 3.8) is 0 Å². The van der Waals surface area contributed by atoms with Gasteiger partial charge >= 0.3 is 0 Å². The highest BCUT2D eigenvalue weighted by Crippen LogP contribution is 2.35. The lowest BCUT2D eigenvalue weighted by atomic mass is 10.2. The molecule has 0 aliphatic heterocycles. The van der Waals surface area contributed by atoms with E-state index in [9.17, 15) is 0 Å². The third-order valence-corrected chi connectivity index (χ3v) is 2.75. The van der Waals surface area contributed by atoms with Crippen molar-refractivity contribution in [3.8, 4) is 11.5 Å². The second-order valence-corrected chi connectivity index (χ2v) is 4.02. The Kier molecular flexibility index (Phi) is 5.38. The molecule has 0 saturated heterocycles. The maximum absolute atomic E-state index is 6.01. The number of ether oxygens (including phenoxy) is 3. The molecule has 1 rings (SSSR count). The molecule has 0 fully saturated rings. The molecule has 5 heteroatoms. The van der Waals surface area contributed by atoms with E-state index < -0.39 is 0 Å². The summed E-state index contributed by atoms with van der Waals surface area (Å²) in [5.41, 5.74) is 0.831. The van der Waals surface area contributed by atoms with Crippen molar-refractivity contribution in [2.24, 2.45) is 0 Å². The topological polar surface area (TPSA) is 39.7 Å². The second kappa shape index (κ2) is 6.57. The average molecular weight is 260 g/mol. The molecule has 0 bridgehead atoms. The van der Waals surface area contributed by atoms with Crippen LogP contribution in [0.5, 0.6) is 11.5 Å². The van der Waals surface area contributed by atoms with Gasteiger partial charge in [0.25, 0.3) is 0 Å². The molecule has 0 aliphatic rings.